The van der Waals surface area contributed by atoms with E-state index in [1.807, 2.05) is 43.5 Å². The summed E-state index contributed by atoms with van der Waals surface area (Å²) in [6, 6.07) is 15.5. The molecule has 0 unspecified atom stereocenters. The summed E-state index contributed by atoms with van der Waals surface area (Å²) >= 11 is 0. The lowest BCUT2D eigenvalue weighted by Gasteiger charge is -2.03. The van der Waals surface area contributed by atoms with Crippen LogP contribution < -0.4 is 0 Å². The Balaban J connectivity index is 2.08. The Labute approximate surface area is 141 Å². The maximum absolute atomic E-state index is 12.7. The van der Waals surface area contributed by atoms with Crippen molar-refractivity contribution < 1.29 is 4.79 Å². The number of allylic oxidation sites excluding steroid dienone is 1. The molecule has 1 N–H and O–H groups in total. The summed E-state index contributed by atoms with van der Waals surface area (Å²) in [5.41, 5.74) is 4.73. The zero-order valence-corrected chi connectivity index (χ0v) is 13.8. The van der Waals surface area contributed by atoms with Crippen molar-refractivity contribution in [1.29, 1.82) is 5.26 Å². The van der Waals surface area contributed by atoms with Crippen LogP contribution in [-0.4, -0.2) is 10.8 Å². The number of para-hydroxylation sites is 1. The van der Waals surface area contributed by atoms with Crippen LogP contribution in [-0.2, 0) is 6.42 Å². The molecule has 0 atom stereocenters. The van der Waals surface area contributed by atoms with Gasteiger partial charge in [0.05, 0.1) is 0 Å². The molecule has 3 heteroatoms. The number of rotatable bonds is 4. The van der Waals surface area contributed by atoms with E-state index < -0.39 is 0 Å². The van der Waals surface area contributed by atoms with Crippen LogP contribution in [0.25, 0.3) is 17.0 Å². The van der Waals surface area contributed by atoms with Crippen LogP contribution >= 0.6 is 0 Å². The molecule has 0 bridgehead atoms. The molecule has 0 amide bonds. The second kappa shape index (κ2) is 6.55. The topological polar surface area (TPSA) is 56.6 Å². The lowest BCUT2D eigenvalue weighted by Crippen LogP contribution is -2.04. The normalized spacial score (nSPS) is 11.5. The fraction of sp³-hybridized carbons (Fsp3) is 0.143. The predicted octanol–water partition coefficient (Wildman–Crippen LogP) is 4.83. The Morgan fingerprint density at radius 2 is 2.00 bits per heavy atom. The van der Waals surface area contributed by atoms with E-state index in [2.05, 4.69) is 24.0 Å². The van der Waals surface area contributed by atoms with Gasteiger partial charge in [0.15, 0.2) is 0 Å². The quantitative estimate of drug-likeness (QED) is 0.426. The maximum atomic E-state index is 12.7. The molecule has 0 spiro atoms. The van der Waals surface area contributed by atoms with E-state index in [-0.39, 0.29) is 11.4 Å². The second-order valence-corrected chi connectivity index (χ2v) is 5.75. The number of carbonyl (C=O) groups excluding carboxylic acids is 1. The lowest BCUT2D eigenvalue weighted by atomic mass is 9.98. The average Bonchev–Trinajstić information content (AvgIpc) is 3.02. The molecule has 0 radical (unpaired) electrons. The van der Waals surface area contributed by atoms with Gasteiger partial charge in [-0.2, -0.15) is 5.26 Å². The Bertz CT molecular complexity index is 986. The number of aromatic amines is 1. The molecular formula is C21H18N2O. The number of nitriles is 1. The second-order valence-electron chi connectivity index (χ2n) is 5.75. The Hall–Kier alpha value is -3.12. The number of benzene rings is 2. The third kappa shape index (κ3) is 2.75. The summed E-state index contributed by atoms with van der Waals surface area (Å²) in [5.74, 6) is -0.239. The van der Waals surface area contributed by atoms with Gasteiger partial charge in [-0.3, -0.25) is 4.79 Å². The number of carbonyl (C=O) groups is 1. The third-order valence-corrected chi connectivity index (χ3v) is 4.27. The lowest BCUT2D eigenvalue weighted by molar-refractivity contribution is 0.103. The monoisotopic (exact) mass is 314 g/mol. The smallest absolute Gasteiger partial charge is 0.203 e. The number of nitrogens with zero attached hydrogens (tertiary/aromatic N) is 1. The van der Waals surface area contributed by atoms with E-state index in [0.29, 0.717) is 5.56 Å². The number of Topliss-reactive ketones (excluding diaryl/α,β-unsaturated/α-hetero) is 1. The number of H-pyrrole nitrogens is 1. The average molecular weight is 314 g/mol. The van der Waals surface area contributed by atoms with Gasteiger partial charge >= 0.3 is 0 Å². The molecule has 0 aliphatic rings. The zero-order chi connectivity index (χ0) is 17.1. The first-order valence-electron chi connectivity index (χ1n) is 7.96. The van der Waals surface area contributed by atoms with E-state index in [9.17, 15) is 10.1 Å². The van der Waals surface area contributed by atoms with Crippen molar-refractivity contribution in [3.8, 4) is 6.07 Å². The summed E-state index contributed by atoms with van der Waals surface area (Å²) in [4.78, 5) is 15.9. The van der Waals surface area contributed by atoms with Gasteiger partial charge < -0.3 is 4.98 Å². The largest absolute Gasteiger partial charge is 0.360 e. The number of nitrogens with one attached hydrogen (secondary N) is 1. The van der Waals surface area contributed by atoms with Gasteiger partial charge in [0, 0.05) is 28.2 Å². The van der Waals surface area contributed by atoms with Crippen molar-refractivity contribution in [2.75, 3.05) is 0 Å². The van der Waals surface area contributed by atoms with Crippen LogP contribution in [0.5, 0.6) is 0 Å². The Morgan fingerprint density at radius 3 is 2.71 bits per heavy atom. The van der Waals surface area contributed by atoms with Crippen LogP contribution in [0.15, 0.2) is 54.2 Å². The first-order chi connectivity index (χ1) is 11.7. The van der Waals surface area contributed by atoms with E-state index in [4.69, 9.17) is 0 Å². The number of ketones is 1. The van der Waals surface area contributed by atoms with E-state index in [0.717, 1.165) is 28.5 Å². The van der Waals surface area contributed by atoms with Gasteiger partial charge in [-0.15, -0.1) is 0 Å². The minimum Gasteiger partial charge on any atom is -0.360 e. The number of aryl methyl sites for hydroxylation is 2. The molecule has 118 valence electrons. The molecule has 3 aromatic rings. The van der Waals surface area contributed by atoms with E-state index >= 15 is 0 Å². The number of aromatic nitrogens is 1. The predicted molar refractivity (Wildman–Crippen MR) is 96.8 cm³/mol. The highest BCUT2D eigenvalue weighted by Crippen LogP contribution is 2.25. The molecular weight excluding hydrogens is 296 g/mol. The third-order valence-electron chi connectivity index (χ3n) is 4.27. The van der Waals surface area contributed by atoms with Gasteiger partial charge in [0.2, 0.25) is 5.78 Å². The number of hydrogen-bond acceptors (Lipinski definition) is 2. The highest BCUT2D eigenvalue weighted by molar-refractivity contribution is 6.15. The molecule has 24 heavy (non-hydrogen) atoms. The summed E-state index contributed by atoms with van der Waals surface area (Å²) in [5, 5.41) is 10.5. The summed E-state index contributed by atoms with van der Waals surface area (Å²) in [6.45, 7) is 3.98. The highest BCUT2D eigenvalue weighted by Gasteiger charge is 2.15. The summed E-state index contributed by atoms with van der Waals surface area (Å²) in [6.07, 6.45) is 4.45. The van der Waals surface area contributed by atoms with Gasteiger partial charge in [0.25, 0.3) is 0 Å². The first-order valence-corrected chi connectivity index (χ1v) is 7.96. The van der Waals surface area contributed by atoms with E-state index in [1.165, 1.54) is 5.56 Å². The number of fused-ring (bicyclic) bond motifs is 1. The zero-order valence-electron chi connectivity index (χ0n) is 13.8. The molecule has 0 saturated heterocycles. The molecule has 0 fully saturated rings. The van der Waals surface area contributed by atoms with Crippen LogP contribution in [0.2, 0.25) is 0 Å². The van der Waals surface area contributed by atoms with Gasteiger partial charge in [0.1, 0.15) is 11.6 Å². The van der Waals surface area contributed by atoms with Crippen molar-refractivity contribution in [3.05, 3.63) is 76.5 Å². The molecule has 0 aliphatic carbocycles. The van der Waals surface area contributed by atoms with Crippen LogP contribution in [0.1, 0.15) is 34.0 Å². The van der Waals surface area contributed by atoms with Crippen LogP contribution in [0, 0.1) is 18.3 Å². The van der Waals surface area contributed by atoms with Gasteiger partial charge in [-0.05, 0) is 30.5 Å². The Kier molecular flexibility index (Phi) is 4.31. The SMILES string of the molecule is CCc1cccc2c(/C=C(\C#N)C(=O)c3ccccc3C)c[nH]c12. The fourth-order valence-electron chi connectivity index (χ4n) is 2.93. The Morgan fingerprint density at radius 1 is 1.21 bits per heavy atom. The minimum absolute atomic E-state index is 0.145. The van der Waals surface area contributed by atoms with Crippen LogP contribution in [0.4, 0.5) is 0 Å². The highest BCUT2D eigenvalue weighted by atomic mass is 16.1. The molecule has 1 heterocycles. The van der Waals surface area contributed by atoms with Gasteiger partial charge in [-0.25, -0.2) is 0 Å². The van der Waals surface area contributed by atoms with Crippen molar-refractivity contribution in [1.82, 2.24) is 4.98 Å². The molecule has 3 rings (SSSR count). The van der Waals surface area contributed by atoms with Crippen molar-refractivity contribution >= 4 is 22.8 Å². The minimum atomic E-state index is -0.239. The summed E-state index contributed by atoms with van der Waals surface area (Å²) < 4.78 is 0. The number of hydrogen-bond donors (Lipinski definition) is 1. The van der Waals surface area contributed by atoms with E-state index in [1.54, 1.807) is 12.1 Å². The molecule has 0 aliphatic heterocycles. The van der Waals surface area contributed by atoms with Crippen molar-refractivity contribution in [2.24, 2.45) is 0 Å². The van der Waals surface area contributed by atoms with Crippen LogP contribution in [0.3, 0.4) is 0 Å². The molecule has 3 nitrogen and oxygen atoms in total. The van der Waals surface area contributed by atoms with Gasteiger partial charge in [-0.1, -0.05) is 49.4 Å². The van der Waals surface area contributed by atoms with Crippen molar-refractivity contribution in [3.63, 3.8) is 0 Å². The molecule has 2 aromatic carbocycles. The molecule has 0 saturated carbocycles. The summed E-state index contributed by atoms with van der Waals surface area (Å²) in [7, 11) is 0. The maximum Gasteiger partial charge on any atom is 0.203 e. The van der Waals surface area contributed by atoms with Crippen molar-refractivity contribution in [2.45, 2.75) is 20.3 Å². The fourth-order valence-corrected chi connectivity index (χ4v) is 2.93. The molecule has 1 aromatic heterocycles. The first kappa shape index (κ1) is 15.8. The standard InChI is InChI=1S/C21H18N2O/c1-3-15-8-6-10-19-17(13-23-20(15)19)11-16(12-22)21(24)18-9-5-4-7-14(18)2/h4-11,13,23H,3H2,1-2H3/b16-11+.